The van der Waals surface area contributed by atoms with Crippen molar-refractivity contribution >= 4 is 40.0 Å². The van der Waals surface area contributed by atoms with Gasteiger partial charge in [-0.3, -0.25) is 10.1 Å². The van der Waals surface area contributed by atoms with Gasteiger partial charge < -0.3 is 20.3 Å². The minimum absolute atomic E-state index is 0.165. The molecule has 42 heavy (non-hydrogen) atoms. The number of hydrogen-bond donors (Lipinski definition) is 2. The van der Waals surface area contributed by atoms with Crippen molar-refractivity contribution in [2.24, 2.45) is 0 Å². The van der Waals surface area contributed by atoms with E-state index in [4.69, 9.17) is 25.4 Å². The zero-order valence-electron chi connectivity index (χ0n) is 23.5. The second kappa shape index (κ2) is 10.1. The molecule has 7 heterocycles. The number of anilines is 3. The Morgan fingerprint density at radius 1 is 1.38 bits per heavy atom. The number of fused-ring (bicyclic) bond motifs is 3. The predicted molar refractivity (Wildman–Crippen MR) is 158 cm³/mol. The fourth-order valence-corrected chi connectivity index (χ4v) is 9.71. The first-order valence-electron chi connectivity index (χ1n) is 14.1. The van der Waals surface area contributed by atoms with Gasteiger partial charge in [0, 0.05) is 65.7 Å². The number of ether oxygens (including phenoxy) is 1. The number of nitrogens with two attached hydrogens (primary N) is 1. The van der Waals surface area contributed by atoms with Gasteiger partial charge in [-0.25, -0.2) is 4.39 Å². The molecule has 4 aliphatic heterocycles. The molecule has 14 heteroatoms. The molecule has 3 fully saturated rings. The van der Waals surface area contributed by atoms with Gasteiger partial charge in [-0.2, -0.15) is 20.2 Å². The van der Waals surface area contributed by atoms with Gasteiger partial charge >= 0.3 is 6.01 Å². The maximum absolute atomic E-state index is 14.4. The van der Waals surface area contributed by atoms with Crippen LogP contribution in [0.25, 0.3) is 0 Å². The number of halogens is 1. The number of aromatic nitrogens is 4. The molecule has 3 saturated heterocycles. The first-order valence-corrected chi connectivity index (χ1v) is 15.9. The molecular formula is C28H33FN9O2S2+. The van der Waals surface area contributed by atoms with Gasteiger partial charge in [-0.15, -0.1) is 23.1 Å². The first-order chi connectivity index (χ1) is 20.2. The Balaban J connectivity index is 1.18. The number of nitriles is 1. The van der Waals surface area contributed by atoms with Crippen molar-refractivity contribution in [1.82, 2.24) is 19.9 Å². The lowest BCUT2D eigenvalue weighted by Gasteiger charge is -2.47. The highest BCUT2D eigenvalue weighted by Crippen LogP contribution is 2.57. The fourth-order valence-electron chi connectivity index (χ4n) is 6.90. The molecule has 3 N–H and O–H groups in total. The molecule has 0 aromatic carbocycles. The number of pyridine rings is 1. The molecule has 3 aromatic rings. The molecule has 3 atom stereocenters. The van der Waals surface area contributed by atoms with E-state index in [0.29, 0.717) is 55.1 Å². The zero-order valence-corrected chi connectivity index (χ0v) is 25.2. The van der Waals surface area contributed by atoms with Gasteiger partial charge in [-0.1, -0.05) is 0 Å². The van der Waals surface area contributed by atoms with E-state index in [2.05, 4.69) is 15.9 Å². The van der Waals surface area contributed by atoms with Crippen LogP contribution in [0.15, 0.2) is 24.5 Å². The summed E-state index contributed by atoms with van der Waals surface area (Å²) in [5, 5.41) is 20.3. The average molecular weight is 611 g/mol. The number of hydrogen-bond acceptors (Lipinski definition) is 12. The lowest BCUT2D eigenvalue weighted by Crippen LogP contribution is -2.57. The third kappa shape index (κ3) is 4.40. The average Bonchev–Trinajstić information content (AvgIpc) is 3.68. The molecule has 7 rings (SSSR count). The lowest BCUT2D eigenvalue weighted by atomic mass is 9.88. The minimum atomic E-state index is -0.846. The van der Waals surface area contributed by atoms with Crippen LogP contribution in [0.3, 0.4) is 0 Å². The van der Waals surface area contributed by atoms with E-state index in [9.17, 15) is 14.9 Å². The molecule has 0 bridgehead atoms. The molecule has 0 saturated carbocycles. The Bertz CT molecular complexity index is 1580. The molecule has 220 valence electrons. The van der Waals surface area contributed by atoms with E-state index >= 15 is 0 Å². The topological polar surface area (TPSA) is 132 Å². The highest BCUT2D eigenvalue weighted by Gasteiger charge is 2.53. The summed E-state index contributed by atoms with van der Waals surface area (Å²) < 4.78 is 21.5. The third-order valence-corrected chi connectivity index (χ3v) is 11.9. The SMILES string of the molecule is CC(c1ccc[n+](O)c1)N(C)c1nc(OC[C@@]23CCCN2CC(F)C3)nc(N2CC3(C2)SCc2sc(N)c(C#N)c23)n1. The van der Waals surface area contributed by atoms with Crippen LogP contribution in [0.4, 0.5) is 21.3 Å². The Labute approximate surface area is 251 Å². The molecule has 3 aromatic heterocycles. The summed E-state index contributed by atoms with van der Waals surface area (Å²) in [6.45, 7) is 4.94. The number of alkyl halides is 1. The summed E-state index contributed by atoms with van der Waals surface area (Å²) >= 11 is 3.35. The smallest absolute Gasteiger partial charge is 0.323 e. The Morgan fingerprint density at radius 2 is 2.21 bits per heavy atom. The highest BCUT2D eigenvalue weighted by molar-refractivity contribution is 8.00. The van der Waals surface area contributed by atoms with E-state index in [1.807, 2.05) is 36.7 Å². The van der Waals surface area contributed by atoms with Crippen molar-refractivity contribution in [2.75, 3.05) is 55.4 Å². The monoisotopic (exact) mass is 610 g/mol. The summed E-state index contributed by atoms with van der Waals surface area (Å²) in [6, 6.07) is 6.07. The molecule has 4 aliphatic rings. The summed E-state index contributed by atoms with van der Waals surface area (Å²) in [5.41, 5.74) is 8.39. The van der Waals surface area contributed by atoms with Gasteiger partial charge in [0.25, 0.3) is 0 Å². The van der Waals surface area contributed by atoms with Crippen LogP contribution in [0.5, 0.6) is 6.01 Å². The number of nitrogen functional groups attached to an aromatic ring is 1. The van der Waals surface area contributed by atoms with Gasteiger partial charge in [0.2, 0.25) is 24.3 Å². The summed E-state index contributed by atoms with van der Waals surface area (Å²) in [7, 11) is 1.90. The number of rotatable bonds is 7. The van der Waals surface area contributed by atoms with E-state index in [-0.39, 0.29) is 22.3 Å². The molecule has 2 unspecified atom stereocenters. The zero-order chi connectivity index (χ0) is 29.2. The van der Waals surface area contributed by atoms with Crippen LogP contribution in [-0.2, 0) is 10.5 Å². The second-order valence-electron chi connectivity index (χ2n) is 11.8. The van der Waals surface area contributed by atoms with Crippen molar-refractivity contribution in [3.05, 3.63) is 46.1 Å². The summed E-state index contributed by atoms with van der Waals surface area (Å²) in [6.07, 6.45) is 4.74. The quantitative estimate of drug-likeness (QED) is 0.302. The van der Waals surface area contributed by atoms with Crippen molar-refractivity contribution in [1.29, 1.82) is 5.26 Å². The molecule has 11 nitrogen and oxygen atoms in total. The molecule has 0 aliphatic carbocycles. The number of thioether (sulfide) groups is 1. The van der Waals surface area contributed by atoms with Gasteiger partial charge in [0.15, 0.2) is 0 Å². The van der Waals surface area contributed by atoms with Crippen molar-refractivity contribution < 1.29 is 19.1 Å². The van der Waals surface area contributed by atoms with Gasteiger partial charge in [-0.05, 0) is 32.4 Å². The Hall–Kier alpha value is -3.41. The molecule has 0 radical (unpaired) electrons. The lowest BCUT2D eigenvalue weighted by molar-refractivity contribution is -0.905. The van der Waals surface area contributed by atoms with Crippen LogP contribution < -0.4 is 25.0 Å². The third-order valence-electron chi connectivity index (χ3n) is 9.24. The maximum atomic E-state index is 14.4. The van der Waals surface area contributed by atoms with Gasteiger partial charge in [0.1, 0.15) is 23.8 Å². The maximum Gasteiger partial charge on any atom is 0.323 e. The van der Waals surface area contributed by atoms with Crippen LogP contribution in [-0.4, -0.2) is 76.6 Å². The minimum Gasteiger partial charge on any atom is -0.461 e. The second-order valence-corrected chi connectivity index (χ2v) is 14.3. The van der Waals surface area contributed by atoms with Crippen LogP contribution in [0, 0.1) is 11.3 Å². The predicted octanol–water partition coefficient (Wildman–Crippen LogP) is 3.03. The first kappa shape index (κ1) is 27.4. The van der Waals surface area contributed by atoms with Crippen molar-refractivity contribution in [2.45, 2.75) is 54.4 Å². The van der Waals surface area contributed by atoms with E-state index in [0.717, 1.165) is 41.0 Å². The molecule has 1 spiro atoms. The van der Waals surface area contributed by atoms with Crippen molar-refractivity contribution in [3.8, 4) is 12.1 Å². The Kier molecular flexibility index (Phi) is 6.59. The normalized spacial score (nSPS) is 24.7. The van der Waals surface area contributed by atoms with E-state index in [1.54, 1.807) is 18.5 Å². The molecule has 0 amide bonds. The fraction of sp³-hybridized carbons (Fsp3) is 0.536. The number of nitrogens with zero attached hydrogens (tertiary/aromatic N) is 8. The Morgan fingerprint density at radius 3 is 3.00 bits per heavy atom. The van der Waals surface area contributed by atoms with Gasteiger partial charge in [0.05, 0.1) is 21.9 Å². The highest BCUT2D eigenvalue weighted by atomic mass is 32.2. The summed E-state index contributed by atoms with van der Waals surface area (Å²) in [4.78, 5) is 21.7. The van der Waals surface area contributed by atoms with E-state index in [1.165, 1.54) is 16.2 Å². The van der Waals surface area contributed by atoms with Crippen LogP contribution >= 0.6 is 23.1 Å². The van der Waals surface area contributed by atoms with Crippen molar-refractivity contribution in [3.63, 3.8) is 0 Å². The van der Waals surface area contributed by atoms with E-state index < -0.39 is 6.17 Å². The van der Waals surface area contributed by atoms with Crippen LogP contribution in [0.1, 0.15) is 53.8 Å². The number of thiophene rings is 1. The summed E-state index contributed by atoms with van der Waals surface area (Å²) in [5.74, 6) is 1.77. The largest absolute Gasteiger partial charge is 0.461 e. The molecular weight excluding hydrogens is 578 g/mol. The standard InChI is InChI=1S/C28H33FN9O2S2/c1-17(18-5-3-8-38(39)11-18)35(2)24-32-25(34-26(33-24)40-16-27-6-4-7-37(27)12-19(29)9-27)36-14-28(15-36)22-20(10-30)23(31)42-21(22)13-41-28/h3,5,8,11,17,19,39H,4,6-7,9,12-16,31H2,1-2H3/q+1/t17?,19?,27-/m0/s1. The van der Waals surface area contributed by atoms with Crippen LogP contribution in [0.2, 0.25) is 0 Å².